The van der Waals surface area contributed by atoms with Crippen LogP contribution in [0.3, 0.4) is 0 Å². The first-order chi connectivity index (χ1) is 20.1. The van der Waals surface area contributed by atoms with E-state index in [2.05, 4.69) is 26.5 Å². The summed E-state index contributed by atoms with van der Waals surface area (Å²) in [6.07, 6.45) is 1.39. The summed E-state index contributed by atoms with van der Waals surface area (Å²) in [6.45, 7) is -0.284. The predicted molar refractivity (Wildman–Crippen MR) is 170 cm³/mol. The van der Waals surface area contributed by atoms with E-state index in [1.54, 1.807) is 42.5 Å². The van der Waals surface area contributed by atoms with Crippen molar-refractivity contribution < 1.29 is 22.7 Å². The molecule has 0 atom stereocenters. The molecule has 0 radical (unpaired) electrons. The molecule has 0 saturated carbocycles. The summed E-state index contributed by atoms with van der Waals surface area (Å²) >= 11 is 21.6. The molecule has 0 aliphatic heterocycles. The Morgan fingerprint density at radius 1 is 0.976 bits per heavy atom. The van der Waals surface area contributed by atoms with Crippen LogP contribution in [-0.2, 0) is 21.4 Å². The molecule has 0 aliphatic carbocycles. The maximum atomic E-state index is 13.5. The lowest BCUT2D eigenvalue weighted by molar-refractivity contribution is -0.119. The molecule has 0 heterocycles. The first-order valence-electron chi connectivity index (χ1n) is 12.2. The summed E-state index contributed by atoms with van der Waals surface area (Å²) in [5, 5.41) is 5.02. The molecule has 0 fully saturated rings. The van der Waals surface area contributed by atoms with E-state index in [1.165, 1.54) is 43.7 Å². The summed E-state index contributed by atoms with van der Waals surface area (Å²) in [4.78, 5) is 12.9. The summed E-state index contributed by atoms with van der Waals surface area (Å²) in [6, 6.07) is 22.7. The summed E-state index contributed by atoms with van der Waals surface area (Å²) < 4.78 is 39.9. The maximum absolute atomic E-state index is 13.5. The van der Waals surface area contributed by atoms with E-state index in [-0.39, 0.29) is 27.2 Å². The van der Waals surface area contributed by atoms with Gasteiger partial charge in [0.25, 0.3) is 15.9 Å². The first-order valence-corrected chi connectivity index (χ1v) is 15.5. The van der Waals surface area contributed by atoms with Crippen molar-refractivity contribution in [3.05, 3.63) is 116 Å². The number of sulfonamides is 1. The molecule has 13 heteroatoms. The number of hydrazone groups is 1. The monoisotopic (exact) mass is 709 g/mol. The lowest BCUT2D eigenvalue weighted by Gasteiger charge is -2.24. The van der Waals surface area contributed by atoms with Gasteiger partial charge in [-0.1, -0.05) is 65.1 Å². The van der Waals surface area contributed by atoms with Crippen LogP contribution >= 0.6 is 50.7 Å². The van der Waals surface area contributed by atoms with Gasteiger partial charge in [0.1, 0.15) is 13.2 Å². The van der Waals surface area contributed by atoms with Gasteiger partial charge in [0.2, 0.25) is 0 Å². The fourth-order valence-electron chi connectivity index (χ4n) is 3.71. The van der Waals surface area contributed by atoms with Gasteiger partial charge in [-0.05, 0) is 81.7 Å². The lowest BCUT2D eigenvalue weighted by Crippen LogP contribution is -2.39. The number of rotatable bonds is 11. The Morgan fingerprint density at radius 3 is 2.36 bits per heavy atom. The smallest absolute Gasteiger partial charge is 0.264 e. The van der Waals surface area contributed by atoms with Gasteiger partial charge < -0.3 is 9.47 Å². The fraction of sp³-hybridized carbons (Fsp3) is 0.103. The van der Waals surface area contributed by atoms with Crippen molar-refractivity contribution in [3.63, 3.8) is 0 Å². The molecule has 1 amide bonds. The Bertz CT molecular complexity index is 1710. The van der Waals surface area contributed by atoms with E-state index in [0.717, 1.165) is 9.87 Å². The zero-order chi connectivity index (χ0) is 30.3. The quantitative estimate of drug-likeness (QED) is 0.130. The van der Waals surface area contributed by atoms with Gasteiger partial charge in [-0.2, -0.15) is 5.10 Å². The predicted octanol–water partition coefficient (Wildman–Crippen LogP) is 7.34. The van der Waals surface area contributed by atoms with E-state index in [1.807, 2.05) is 12.1 Å². The van der Waals surface area contributed by atoms with Crippen molar-refractivity contribution in [1.29, 1.82) is 0 Å². The van der Waals surface area contributed by atoms with Crippen molar-refractivity contribution in [2.45, 2.75) is 11.5 Å². The normalized spacial score (nSPS) is 11.4. The van der Waals surface area contributed by atoms with Crippen LogP contribution < -0.4 is 19.2 Å². The highest BCUT2D eigenvalue weighted by Gasteiger charge is 2.27. The van der Waals surface area contributed by atoms with Crippen LogP contribution in [0, 0.1) is 0 Å². The second kappa shape index (κ2) is 14.3. The average molecular weight is 712 g/mol. The Labute approximate surface area is 267 Å². The molecule has 4 aromatic rings. The molecule has 4 aromatic carbocycles. The molecular weight excluding hydrogens is 689 g/mol. The minimum absolute atomic E-state index is 0.00249. The number of nitrogens with one attached hydrogen (secondary N) is 1. The van der Waals surface area contributed by atoms with Crippen LogP contribution in [0.15, 0.2) is 99.4 Å². The van der Waals surface area contributed by atoms with Gasteiger partial charge >= 0.3 is 0 Å². The fourth-order valence-corrected chi connectivity index (χ4v) is 6.14. The van der Waals surface area contributed by atoms with E-state index >= 15 is 0 Å². The number of amides is 1. The van der Waals surface area contributed by atoms with Gasteiger partial charge in [0.05, 0.1) is 38.4 Å². The molecule has 1 N–H and O–H groups in total. The first kappa shape index (κ1) is 31.7. The lowest BCUT2D eigenvalue weighted by atomic mass is 10.2. The second-order valence-corrected chi connectivity index (χ2v) is 12.6. The van der Waals surface area contributed by atoms with Gasteiger partial charge in [-0.15, -0.1) is 0 Å². The van der Waals surface area contributed by atoms with Crippen LogP contribution in [0.4, 0.5) is 5.69 Å². The van der Waals surface area contributed by atoms with Crippen molar-refractivity contribution in [1.82, 2.24) is 5.43 Å². The largest absolute Gasteiger partial charge is 0.493 e. The highest BCUT2D eigenvalue weighted by Crippen LogP contribution is 2.37. The van der Waals surface area contributed by atoms with Crippen molar-refractivity contribution in [2.75, 3.05) is 18.0 Å². The molecule has 42 heavy (non-hydrogen) atoms. The minimum atomic E-state index is -4.13. The average Bonchev–Trinajstić information content (AvgIpc) is 2.98. The topological polar surface area (TPSA) is 97.3 Å². The molecule has 8 nitrogen and oxygen atoms in total. The van der Waals surface area contributed by atoms with Crippen LogP contribution in [0.1, 0.15) is 11.1 Å². The van der Waals surface area contributed by atoms with E-state index in [0.29, 0.717) is 26.6 Å². The number of carbonyl (C=O) groups excluding carboxylic acids is 1. The van der Waals surface area contributed by atoms with Gasteiger partial charge in [0.15, 0.2) is 11.5 Å². The maximum Gasteiger partial charge on any atom is 0.264 e. The number of hydrogen-bond donors (Lipinski definition) is 1. The summed E-state index contributed by atoms with van der Waals surface area (Å²) in [5.41, 5.74) is 4.04. The third-order valence-electron chi connectivity index (χ3n) is 5.76. The van der Waals surface area contributed by atoms with Crippen molar-refractivity contribution in [2.24, 2.45) is 5.10 Å². The van der Waals surface area contributed by atoms with Gasteiger partial charge in [-0.3, -0.25) is 9.10 Å². The number of carbonyl (C=O) groups is 1. The van der Waals surface area contributed by atoms with Gasteiger partial charge in [-0.25, -0.2) is 13.8 Å². The molecule has 0 aliphatic rings. The van der Waals surface area contributed by atoms with Crippen LogP contribution in [-0.4, -0.2) is 34.2 Å². The van der Waals surface area contributed by atoms with E-state index in [9.17, 15) is 13.2 Å². The molecular formula is C29H23BrCl3N3O5S. The number of hydrogen-bond acceptors (Lipinski definition) is 6. The number of methoxy groups -OCH3 is 1. The van der Waals surface area contributed by atoms with Crippen LogP contribution in [0.5, 0.6) is 11.5 Å². The van der Waals surface area contributed by atoms with Crippen LogP contribution in [0.25, 0.3) is 0 Å². The summed E-state index contributed by atoms with van der Waals surface area (Å²) in [5.74, 6) is 0.230. The summed E-state index contributed by atoms with van der Waals surface area (Å²) in [7, 11) is -2.62. The van der Waals surface area contributed by atoms with Crippen LogP contribution in [0.2, 0.25) is 15.1 Å². The highest BCUT2D eigenvalue weighted by atomic mass is 79.9. The molecule has 218 valence electrons. The van der Waals surface area contributed by atoms with Crippen molar-refractivity contribution in [3.8, 4) is 11.5 Å². The Balaban J connectivity index is 1.49. The molecule has 0 spiro atoms. The number of halogens is 4. The Morgan fingerprint density at radius 2 is 1.69 bits per heavy atom. The van der Waals surface area contributed by atoms with E-state index in [4.69, 9.17) is 44.3 Å². The molecule has 0 aromatic heterocycles. The molecule has 0 saturated heterocycles. The zero-order valence-electron chi connectivity index (χ0n) is 21.9. The zero-order valence-corrected chi connectivity index (χ0v) is 26.6. The molecule has 0 bridgehead atoms. The number of anilines is 1. The SMILES string of the molecule is COc1cc(/C=N\NC(=O)CN(c2ccc(Cl)c(Cl)c2)S(=O)(=O)c2ccccc2)cc(Br)c1OCc1ccc(Cl)cc1. The van der Waals surface area contributed by atoms with Gasteiger partial charge in [0, 0.05) is 5.02 Å². The number of ether oxygens (including phenoxy) is 2. The number of nitrogens with zero attached hydrogens (tertiary/aromatic N) is 2. The number of benzene rings is 4. The third-order valence-corrected chi connectivity index (χ3v) is 9.13. The third kappa shape index (κ3) is 7.96. The second-order valence-electron chi connectivity index (χ2n) is 8.67. The Kier molecular flexibility index (Phi) is 10.7. The molecule has 0 unspecified atom stereocenters. The van der Waals surface area contributed by atoms with Crippen molar-refractivity contribution >= 4 is 78.6 Å². The molecule has 4 rings (SSSR count). The minimum Gasteiger partial charge on any atom is -0.493 e. The standard InChI is InChI=1S/C29H23BrCl3N3O5S/c1-40-27-14-20(13-24(30)29(27)41-18-19-7-9-21(31)10-8-19)16-34-35-28(37)17-36(22-11-12-25(32)26(33)15-22)42(38,39)23-5-3-2-4-6-23/h2-16H,17-18H2,1H3,(H,35,37)/b34-16-. The highest BCUT2D eigenvalue weighted by molar-refractivity contribution is 9.10. The Hall–Kier alpha value is -3.28. The van der Waals surface area contributed by atoms with E-state index < -0.39 is 22.5 Å².